The van der Waals surface area contributed by atoms with Crippen LogP contribution < -0.4 is 4.74 Å². The molecule has 1 saturated heterocycles. The zero-order valence-corrected chi connectivity index (χ0v) is 20.7. The Morgan fingerprint density at radius 3 is 2.26 bits per heavy atom. The van der Waals surface area contributed by atoms with Crippen molar-refractivity contribution in [2.45, 2.75) is 57.4 Å². The zero-order valence-electron chi connectivity index (χ0n) is 19.9. The Labute approximate surface area is 205 Å². The number of benzene rings is 2. The molecule has 0 N–H and O–H groups in total. The van der Waals surface area contributed by atoms with Crippen molar-refractivity contribution in [1.82, 2.24) is 4.90 Å². The Bertz CT molecular complexity index is 1150. The summed E-state index contributed by atoms with van der Waals surface area (Å²) in [5.74, 6) is 3.14. The molecule has 4 aliphatic carbocycles. The van der Waals surface area contributed by atoms with Crippen molar-refractivity contribution in [3.05, 3.63) is 69.6 Å². The maximum absolute atomic E-state index is 13.2. The molecule has 4 nitrogen and oxygen atoms in total. The average molecular weight is 474 g/mol. The number of rotatable bonds is 5. The maximum atomic E-state index is 13.2. The van der Waals surface area contributed by atoms with E-state index in [4.69, 9.17) is 4.74 Å². The maximum Gasteiger partial charge on any atom is 0.293 e. The third kappa shape index (κ3) is 3.78. The Hall–Kier alpha value is -2.53. The van der Waals surface area contributed by atoms with Gasteiger partial charge in [0.2, 0.25) is 0 Å². The minimum atomic E-state index is -0.224. The molecule has 0 atom stereocenters. The van der Waals surface area contributed by atoms with Crippen LogP contribution in [0.4, 0.5) is 4.79 Å². The second-order valence-corrected chi connectivity index (χ2v) is 11.9. The molecule has 5 aliphatic rings. The van der Waals surface area contributed by atoms with E-state index in [1.807, 2.05) is 37.3 Å². The summed E-state index contributed by atoms with van der Waals surface area (Å²) in [5.41, 5.74) is 4.67. The first-order valence-corrected chi connectivity index (χ1v) is 13.2. The number of methoxy groups -OCH3 is 1. The van der Waals surface area contributed by atoms with Crippen LogP contribution in [-0.4, -0.2) is 23.2 Å². The highest BCUT2D eigenvalue weighted by Crippen LogP contribution is 2.61. The van der Waals surface area contributed by atoms with E-state index in [9.17, 15) is 9.59 Å². The van der Waals surface area contributed by atoms with E-state index >= 15 is 0 Å². The molecule has 5 fully saturated rings. The van der Waals surface area contributed by atoms with E-state index in [1.165, 1.54) is 49.0 Å². The highest BCUT2D eigenvalue weighted by atomic mass is 32.2. The molecule has 2 aromatic rings. The molecule has 4 bridgehead atoms. The first-order chi connectivity index (χ1) is 16.4. The fourth-order valence-electron chi connectivity index (χ4n) is 7.29. The van der Waals surface area contributed by atoms with Crippen LogP contribution in [0.25, 0.3) is 6.08 Å². The number of thioether (sulfide) groups is 1. The number of ether oxygens (including phenoxy) is 1. The molecule has 2 aromatic carbocycles. The summed E-state index contributed by atoms with van der Waals surface area (Å²) < 4.78 is 5.66. The minimum Gasteiger partial charge on any atom is -0.496 e. The molecule has 0 aromatic heterocycles. The lowest BCUT2D eigenvalue weighted by Crippen LogP contribution is -2.48. The number of nitrogens with zero attached hydrogens (tertiary/aromatic N) is 1. The summed E-state index contributed by atoms with van der Waals surface area (Å²) in [4.78, 5) is 27.7. The largest absolute Gasteiger partial charge is 0.496 e. The smallest absolute Gasteiger partial charge is 0.293 e. The highest BCUT2D eigenvalue weighted by molar-refractivity contribution is 8.18. The van der Waals surface area contributed by atoms with E-state index in [-0.39, 0.29) is 16.6 Å². The van der Waals surface area contributed by atoms with Crippen LogP contribution >= 0.6 is 11.8 Å². The van der Waals surface area contributed by atoms with Crippen molar-refractivity contribution in [3.63, 3.8) is 0 Å². The average Bonchev–Trinajstić information content (AvgIpc) is 3.07. The van der Waals surface area contributed by atoms with E-state index in [0.29, 0.717) is 11.4 Å². The summed E-state index contributed by atoms with van der Waals surface area (Å²) in [7, 11) is 1.67. The van der Waals surface area contributed by atoms with Gasteiger partial charge in [0, 0.05) is 5.56 Å². The van der Waals surface area contributed by atoms with Gasteiger partial charge in [-0.2, -0.15) is 0 Å². The van der Waals surface area contributed by atoms with E-state index in [0.717, 1.165) is 52.0 Å². The Kier molecular flexibility index (Phi) is 5.36. The number of amides is 2. The van der Waals surface area contributed by atoms with Crippen molar-refractivity contribution in [2.75, 3.05) is 7.11 Å². The van der Waals surface area contributed by atoms with Crippen molar-refractivity contribution in [2.24, 2.45) is 17.8 Å². The molecule has 0 radical (unpaired) electrons. The molecule has 0 unspecified atom stereocenters. The third-order valence-corrected chi connectivity index (χ3v) is 9.41. The van der Waals surface area contributed by atoms with Crippen LogP contribution in [-0.2, 0) is 16.8 Å². The summed E-state index contributed by atoms with van der Waals surface area (Å²) in [6.07, 6.45) is 9.97. The molecule has 34 heavy (non-hydrogen) atoms. The normalized spacial score (nSPS) is 31.1. The predicted molar refractivity (Wildman–Crippen MR) is 136 cm³/mol. The van der Waals surface area contributed by atoms with Gasteiger partial charge in [0.1, 0.15) is 5.75 Å². The van der Waals surface area contributed by atoms with Crippen LogP contribution in [0.1, 0.15) is 60.8 Å². The number of aryl methyl sites for hydroxylation is 1. The molecule has 1 heterocycles. The topological polar surface area (TPSA) is 46.6 Å². The third-order valence-electron chi connectivity index (χ3n) is 8.50. The standard InChI is InChI=1S/C29H31NO3S/c1-18-3-5-19(6-4-18)17-30-27(31)26(34-28(30)32)13-23-12-24(7-8-25(23)33-2)29-14-20-9-21(15-29)11-22(10-20)16-29/h3-8,12-13,20-22H,9-11,14-17H2,1-2H3/b26-13+. The minimum absolute atomic E-state index is 0.215. The van der Waals surface area contributed by atoms with Crippen molar-refractivity contribution >= 4 is 29.0 Å². The first-order valence-electron chi connectivity index (χ1n) is 12.4. The van der Waals surface area contributed by atoms with Crippen LogP contribution in [0, 0.1) is 24.7 Å². The Morgan fingerprint density at radius 2 is 1.65 bits per heavy atom. The highest BCUT2D eigenvalue weighted by Gasteiger charge is 2.51. The summed E-state index contributed by atoms with van der Waals surface area (Å²) in [6, 6.07) is 14.5. The Morgan fingerprint density at radius 1 is 1.00 bits per heavy atom. The quantitative estimate of drug-likeness (QED) is 0.453. The van der Waals surface area contributed by atoms with Crippen LogP contribution in [0.3, 0.4) is 0 Å². The Balaban J connectivity index is 1.30. The molecule has 5 heteroatoms. The van der Waals surface area contributed by atoms with Gasteiger partial charge in [-0.15, -0.1) is 0 Å². The van der Waals surface area contributed by atoms with Crippen molar-refractivity contribution in [3.8, 4) is 5.75 Å². The molecule has 7 rings (SSSR count). The number of hydrogen-bond donors (Lipinski definition) is 0. The van der Waals surface area contributed by atoms with E-state index in [2.05, 4.69) is 18.2 Å². The molecule has 0 spiro atoms. The van der Waals surface area contributed by atoms with Gasteiger partial charge in [0.15, 0.2) is 0 Å². The number of carbonyl (C=O) groups is 2. The first kappa shape index (κ1) is 22.0. The summed E-state index contributed by atoms with van der Waals surface area (Å²) >= 11 is 1.03. The van der Waals surface area contributed by atoms with Gasteiger partial charge < -0.3 is 4.74 Å². The molecule has 4 saturated carbocycles. The van der Waals surface area contributed by atoms with Gasteiger partial charge >= 0.3 is 0 Å². The molecular weight excluding hydrogens is 442 g/mol. The van der Waals surface area contributed by atoms with Gasteiger partial charge in [-0.1, -0.05) is 35.9 Å². The molecule has 1 aliphatic heterocycles. The van der Waals surface area contributed by atoms with Gasteiger partial charge in [-0.25, -0.2) is 0 Å². The van der Waals surface area contributed by atoms with Gasteiger partial charge in [0.25, 0.3) is 11.1 Å². The molecule has 2 amide bonds. The van der Waals surface area contributed by atoms with Crippen LogP contribution in [0.15, 0.2) is 47.4 Å². The number of hydrogen-bond acceptors (Lipinski definition) is 4. The van der Waals surface area contributed by atoms with Crippen molar-refractivity contribution < 1.29 is 14.3 Å². The van der Waals surface area contributed by atoms with E-state index < -0.39 is 0 Å². The fourth-order valence-corrected chi connectivity index (χ4v) is 8.12. The molecule has 176 valence electrons. The number of carbonyl (C=O) groups excluding carboxylic acids is 2. The second-order valence-electron chi connectivity index (χ2n) is 10.9. The monoisotopic (exact) mass is 473 g/mol. The fraction of sp³-hybridized carbons (Fsp3) is 0.448. The van der Waals surface area contributed by atoms with Gasteiger partial charge in [0.05, 0.1) is 18.6 Å². The SMILES string of the molecule is COc1ccc(C23CC4CC(CC(C4)C2)C3)cc1/C=C1/SC(=O)N(Cc2ccc(C)cc2)C1=O. The van der Waals surface area contributed by atoms with Crippen molar-refractivity contribution in [1.29, 1.82) is 0 Å². The lowest BCUT2D eigenvalue weighted by molar-refractivity contribution is -0.123. The van der Waals surface area contributed by atoms with Crippen LogP contribution in [0.5, 0.6) is 5.75 Å². The molecular formula is C29H31NO3S. The lowest BCUT2D eigenvalue weighted by Gasteiger charge is -2.57. The second kappa shape index (κ2) is 8.30. The lowest BCUT2D eigenvalue weighted by atomic mass is 9.48. The van der Waals surface area contributed by atoms with E-state index in [1.54, 1.807) is 7.11 Å². The number of imide groups is 1. The summed E-state index contributed by atoms with van der Waals surface area (Å²) in [5, 5.41) is -0.215. The predicted octanol–water partition coefficient (Wildman–Crippen LogP) is 6.71. The zero-order chi connectivity index (χ0) is 23.4. The van der Waals surface area contributed by atoms with Gasteiger partial charge in [-0.05, 0) is 110 Å². The van der Waals surface area contributed by atoms with Crippen LogP contribution in [0.2, 0.25) is 0 Å². The van der Waals surface area contributed by atoms with Gasteiger partial charge in [-0.3, -0.25) is 14.5 Å². The summed E-state index contributed by atoms with van der Waals surface area (Å²) in [6.45, 7) is 2.32.